The minimum absolute atomic E-state index is 0.175. The third-order valence-electron chi connectivity index (χ3n) is 3.53. The van der Waals surface area contributed by atoms with Crippen molar-refractivity contribution < 1.29 is 19.0 Å². The summed E-state index contributed by atoms with van der Waals surface area (Å²) >= 11 is 5.90. The average molecular weight is 350 g/mol. The van der Waals surface area contributed by atoms with Gasteiger partial charge in [-0.15, -0.1) is 0 Å². The van der Waals surface area contributed by atoms with Gasteiger partial charge in [-0.25, -0.2) is 0 Å². The Morgan fingerprint density at radius 1 is 1.08 bits per heavy atom. The molecule has 5 nitrogen and oxygen atoms in total. The van der Waals surface area contributed by atoms with Crippen molar-refractivity contribution in [3.05, 3.63) is 52.5 Å². The number of amides is 1. The van der Waals surface area contributed by atoms with Gasteiger partial charge >= 0.3 is 0 Å². The van der Waals surface area contributed by atoms with E-state index in [1.165, 1.54) is 0 Å². The van der Waals surface area contributed by atoms with Crippen LogP contribution in [0.1, 0.15) is 15.9 Å². The lowest BCUT2D eigenvalue weighted by Crippen LogP contribution is -2.25. The predicted octanol–water partition coefficient (Wildman–Crippen LogP) is 3.34. The molecule has 0 spiro atoms. The van der Waals surface area contributed by atoms with E-state index in [9.17, 15) is 4.79 Å². The molecule has 0 saturated carbocycles. The SMILES string of the molecule is COc1cc(CCNC(=O)c2cccc(Cl)c2)c(OC)c(OC)c1. The number of benzene rings is 2. The van der Waals surface area contributed by atoms with E-state index in [0.29, 0.717) is 40.8 Å². The van der Waals surface area contributed by atoms with E-state index in [1.54, 1.807) is 51.7 Å². The maximum Gasteiger partial charge on any atom is 0.251 e. The lowest BCUT2D eigenvalue weighted by molar-refractivity contribution is 0.0954. The molecule has 128 valence electrons. The first kappa shape index (κ1) is 17.9. The Labute approximate surface area is 146 Å². The number of carbonyl (C=O) groups excluding carboxylic acids is 1. The van der Waals surface area contributed by atoms with Crippen LogP contribution in [0.5, 0.6) is 17.2 Å². The van der Waals surface area contributed by atoms with E-state index in [-0.39, 0.29) is 5.91 Å². The molecule has 0 atom stereocenters. The molecule has 0 heterocycles. The van der Waals surface area contributed by atoms with Crippen LogP contribution in [0.15, 0.2) is 36.4 Å². The lowest BCUT2D eigenvalue weighted by atomic mass is 10.1. The van der Waals surface area contributed by atoms with Crippen molar-refractivity contribution in [1.29, 1.82) is 0 Å². The molecule has 1 N–H and O–H groups in total. The van der Waals surface area contributed by atoms with Gasteiger partial charge in [-0.05, 0) is 30.7 Å². The minimum atomic E-state index is -0.175. The van der Waals surface area contributed by atoms with Crippen LogP contribution in [0.2, 0.25) is 5.02 Å². The normalized spacial score (nSPS) is 10.2. The molecule has 0 aromatic heterocycles. The summed E-state index contributed by atoms with van der Waals surface area (Å²) in [6.07, 6.45) is 0.572. The topological polar surface area (TPSA) is 56.8 Å². The number of methoxy groups -OCH3 is 3. The van der Waals surface area contributed by atoms with E-state index in [2.05, 4.69) is 5.32 Å². The van der Waals surface area contributed by atoms with Crippen molar-refractivity contribution in [1.82, 2.24) is 5.32 Å². The molecule has 2 aromatic rings. The van der Waals surface area contributed by atoms with Crippen molar-refractivity contribution in [2.45, 2.75) is 6.42 Å². The van der Waals surface area contributed by atoms with Crippen molar-refractivity contribution >= 4 is 17.5 Å². The van der Waals surface area contributed by atoms with Gasteiger partial charge in [0.05, 0.1) is 21.3 Å². The second kappa shape index (κ2) is 8.45. The van der Waals surface area contributed by atoms with Gasteiger partial charge in [0, 0.05) is 28.8 Å². The highest BCUT2D eigenvalue weighted by Gasteiger charge is 2.13. The van der Waals surface area contributed by atoms with Crippen LogP contribution in [0.25, 0.3) is 0 Å². The number of ether oxygens (including phenoxy) is 3. The Bertz CT molecular complexity index is 718. The van der Waals surface area contributed by atoms with Crippen LogP contribution < -0.4 is 19.5 Å². The van der Waals surface area contributed by atoms with Crippen LogP contribution in [-0.4, -0.2) is 33.8 Å². The molecule has 2 rings (SSSR count). The quantitative estimate of drug-likeness (QED) is 0.833. The third kappa shape index (κ3) is 4.32. The average Bonchev–Trinajstić information content (AvgIpc) is 2.60. The van der Waals surface area contributed by atoms with Gasteiger partial charge in [-0.1, -0.05) is 17.7 Å². The van der Waals surface area contributed by atoms with Crippen molar-refractivity contribution in [2.24, 2.45) is 0 Å². The molecule has 1 amide bonds. The van der Waals surface area contributed by atoms with E-state index >= 15 is 0 Å². The maximum atomic E-state index is 12.1. The van der Waals surface area contributed by atoms with E-state index in [0.717, 1.165) is 5.56 Å². The van der Waals surface area contributed by atoms with Crippen molar-refractivity contribution in [2.75, 3.05) is 27.9 Å². The Kier molecular flexibility index (Phi) is 6.32. The molecular weight excluding hydrogens is 330 g/mol. The first-order valence-electron chi connectivity index (χ1n) is 7.41. The minimum Gasteiger partial charge on any atom is -0.497 e. The molecule has 24 heavy (non-hydrogen) atoms. The summed E-state index contributed by atoms with van der Waals surface area (Å²) in [6, 6.07) is 10.4. The predicted molar refractivity (Wildman–Crippen MR) is 93.6 cm³/mol. The summed E-state index contributed by atoms with van der Waals surface area (Å²) in [5.41, 5.74) is 1.41. The Morgan fingerprint density at radius 3 is 2.50 bits per heavy atom. The molecule has 6 heteroatoms. The van der Waals surface area contributed by atoms with Gasteiger partial charge in [0.15, 0.2) is 11.5 Å². The van der Waals surface area contributed by atoms with Gasteiger partial charge in [0.2, 0.25) is 0 Å². The number of carbonyl (C=O) groups is 1. The summed E-state index contributed by atoms with van der Waals surface area (Å²) in [5.74, 6) is 1.72. The molecule has 0 radical (unpaired) electrons. The van der Waals surface area contributed by atoms with Crippen molar-refractivity contribution in [3.63, 3.8) is 0 Å². The highest BCUT2D eigenvalue weighted by atomic mass is 35.5. The number of rotatable bonds is 7. The highest BCUT2D eigenvalue weighted by Crippen LogP contribution is 2.35. The molecule has 2 aromatic carbocycles. The molecule has 0 aliphatic carbocycles. The summed E-state index contributed by atoms with van der Waals surface area (Å²) in [6.45, 7) is 0.442. The van der Waals surface area contributed by atoms with Crippen LogP contribution in [0, 0.1) is 0 Å². The fourth-order valence-corrected chi connectivity index (χ4v) is 2.55. The summed E-state index contributed by atoms with van der Waals surface area (Å²) in [5, 5.41) is 3.40. The van der Waals surface area contributed by atoms with Crippen LogP contribution in [-0.2, 0) is 6.42 Å². The Balaban J connectivity index is 2.07. The Hall–Kier alpha value is -2.40. The van der Waals surface area contributed by atoms with E-state index in [4.69, 9.17) is 25.8 Å². The number of hydrogen-bond donors (Lipinski definition) is 1. The molecule has 0 aliphatic rings. The fraction of sp³-hybridized carbons (Fsp3) is 0.278. The highest BCUT2D eigenvalue weighted by molar-refractivity contribution is 6.30. The maximum absolute atomic E-state index is 12.1. The van der Waals surface area contributed by atoms with Gasteiger partial charge in [0.1, 0.15) is 5.75 Å². The fourth-order valence-electron chi connectivity index (χ4n) is 2.36. The zero-order valence-electron chi connectivity index (χ0n) is 13.9. The van der Waals surface area contributed by atoms with Gasteiger partial charge < -0.3 is 19.5 Å². The number of hydrogen-bond acceptors (Lipinski definition) is 4. The van der Waals surface area contributed by atoms with E-state index < -0.39 is 0 Å². The van der Waals surface area contributed by atoms with E-state index in [1.807, 2.05) is 6.07 Å². The van der Waals surface area contributed by atoms with Crippen LogP contribution >= 0.6 is 11.6 Å². The van der Waals surface area contributed by atoms with Crippen LogP contribution in [0.3, 0.4) is 0 Å². The standard InChI is InChI=1S/C18H20ClNO4/c1-22-15-10-12(17(24-3)16(11-15)23-2)7-8-20-18(21)13-5-4-6-14(19)9-13/h4-6,9-11H,7-8H2,1-3H3,(H,20,21). The molecule has 0 aliphatic heterocycles. The lowest BCUT2D eigenvalue weighted by Gasteiger charge is -2.15. The zero-order valence-corrected chi connectivity index (χ0v) is 14.6. The van der Waals surface area contributed by atoms with Gasteiger partial charge in [-0.3, -0.25) is 4.79 Å². The molecule has 0 saturated heterocycles. The summed E-state index contributed by atoms with van der Waals surface area (Å²) < 4.78 is 16.0. The van der Waals surface area contributed by atoms with Gasteiger partial charge in [-0.2, -0.15) is 0 Å². The summed E-state index contributed by atoms with van der Waals surface area (Å²) in [7, 11) is 4.74. The second-order valence-corrected chi connectivity index (χ2v) is 5.47. The first-order valence-corrected chi connectivity index (χ1v) is 7.79. The largest absolute Gasteiger partial charge is 0.497 e. The molecule has 0 fully saturated rings. The molecular formula is C18H20ClNO4. The zero-order chi connectivity index (χ0) is 17.5. The van der Waals surface area contributed by atoms with Crippen LogP contribution in [0.4, 0.5) is 0 Å². The Morgan fingerprint density at radius 2 is 1.88 bits per heavy atom. The third-order valence-corrected chi connectivity index (χ3v) is 3.77. The van der Waals surface area contributed by atoms with Crippen molar-refractivity contribution in [3.8, 4) is 17.2 Å². The number of halogens is 1. The monoisotopic (exact) mass is 349 g/mol. The molecule has 0 bridgehead atoms. The smallest absolute Gasteiger partial charge is 0.251 e. The number of nitrogens with one attached hydrogen (secondary N) is 1. The van der Waals surface area contributed by atoms with Gasteiger partial charge in [0.25, 0.3) is 5.91 Å². The summed E-state index contributed by atoms with van der Waals surface area (Å²) in [4.78, 5) is 12.1. The first-order chi connectivity index (χ1) is 11.6. The molecule has 0 unspecified atom stereocenters. The second-order valence-electron chi connectivity index (χ2n) is 5.04.